The molecule has 2 aliphatic rings. The van der Waals surface area contributed by atoms with Gasteiger partial charge >= 0.3 is 0 Å². The summed E-state index contributed by atoms with van der Waals surface area (Å²) in [4.78, 5) is 13.4. The fourth-order valence-electron chi connectivity index (χ4n) is 2.80. The first-order valence-electron chi connectivity index (χ1n) is 6.91. The van der Waals surface area contributed by atoms with Gasteiger partial charge in [0, 0.05) is 30.4 Å². The lowest BCUT2D eigenvalue weighted by atomic mass is 10.2. The molecule has 3 rings (SSSR count). The summed E-state index contributed by atoms with van der Waals surface area (Å²) in [5, 5.41) is 3.24. The Balaban J connectivity index is 1.66. The number of nitrogens with zero attached hydrogens (tertiary/aromatic N) is 1. The van der Waals surface area contributed by atoms with E-state index in [1.807, 2.05) is 24.3 Å². The van der Waals surface area contributed by atoms with Crippen molar-refractivity contribution in [3.63, 3.8) is 0 Å². The topological polar surface area (TPSA) is 66.5 Å². The molecule has 6 heteroatoms. The van der Waals surface area contributed by atoms with Crippen LogP contribution in [0.15, 0.2) is 24.3 Å². The van der Waals surface area contributed by atoms with Crippen molar-refractivity contribution in [1.82, 2.24) is 0 Å². The third-order valence-corrected chi connectivity index (χ3v) is 5.62. The molecule has 0 saturated carbocycles. The molecule has 1 amide bonds. The maximum atomic E-state index is 11.7. The van der Waals surface area contributed by atoms with Crippen molar-refractivity contribution >= 4 is 27.1 Å². The zero-order chi connectivity index (χ0) is 14.2. The van der Waals surface area contributed by atoms with E-state index in [4.69, 9.17) is 0 Å². The van der Waals surface area contributed by atoms with Crippen molar-refractivity contribution in [1.29, 1.82) is 0 Å². The highest BCUT2D eigenvalue weighted by Gasteiger charge is 2.27. The van der Waals surface area contributed by atoms with Crippen LogP contribution in [-0.2, 0) is 14.6 Å². The van der Waals surface area contributed by atoms with E-state index >= 15 is 0 Å². The Morgan fingerprint density at radius 1 is 1.20 bits per heavy atom. The van der Waals surface area contributed by atoms with Crippen molar-refractivity contribution in [3.8, 4) is 0 Å². The Morgan fingerprint density at radius 3 is 2.50 bits per heavy atom. The van der Waals surface area contributed by atoms with Crippen molar-refractivity contribution in [2.45, 2.75) is 25.3 Å². The average molecular weight is 294 g/mol. The van der Waals surface area contributed by atoms with Crippen LogP contribution in [0.5, 0.6) is 0 Å². The zero-order valence-corrected chi connectivity index (χ0v) is 12.0. The van der Waals surface area contributed by atoms with Gasteiger partial charge in [0.1, 0.15) is 0 Å². The van der Waals surface area contributed by atoms with Gasteiger partial charge in [-0.1, -0.05) is 0 Å². The monoisotopic (exact) mass is 294 g/mol. The Hall–Kier alpha value is -1.56. The minimum atomic E-state index is -2.86. The van der Waals surface area contributed by atoms with Crippen molar-refractivity contribution in [2.75, 3.05) is 28.3 Å². The molecule has 1 unspecified atom stereocenters. The first-order valence-corrected chi connectivity index (χ1v) is 8.73. The minimum Gasteiger partial charge on any atom is -0.381 e. The van der Waals surface area contributed by atoms with Crippen LogP contribution >= 0.6 is 0 Å². The quantitative estimate of drug-likeness (QED) is 0.915. The van der Waals surface area contributed by atoms with Gasteiger partial charge in [0.05, 0.1) is 11.5 Å². The van der Waals surface area contributed by atoms with Gasteiger partial charge in [0.2, 0.25) is 5.91 Å². The van der Waals surface area contributed by atoms with Crippen LogP contribution < -0.4 is 10.2 Å². The second kappa shape index (κ2) is 5.09. The molecule has 2 saturated heterocycles. The third-order valence-electron chi connectivity index (χ3n) is 3.86. The van der Waals surface area contributed by atoms with Gasteiger partial charge in [-0.3, -0.25) is 4.79 Å². The van der Waals surface area contributed by atoms with Crippen LogP contribution in [0, 0.1) is 0 Å². The van der Waals surface area contributed by atoms with Crippen LogP contribution in [0.25, 0.3) is 0 Å². The number of anilines is 2. The number of amides is 1. The first-order chi connectivity index (χ1) is 9.53. The van der Waals surface area contributed by atoms with Crippen LogP contribution in [0.1, 0.15) is 19.3 Å². The van der Waals surface area contributed by atoms with E-state index in [0.29, 0.717) is 12.8 Å². The second-order valence-electron chi connectivity index (χ2n) is 5.44. The van der Waals surface area contributed by atoms with E-state index in [-0.39, 0.29) is 23.5 Å². The Morgan fingerprint density at radius 2 is 1.95 bits per heavy atom. The molecule has 2 heterocycles. The lowest BCUT2D eigenvalue weighted by molar-refractivity contribution is -0.117. The molecule has 0 radical (unpaired) electrons. The standard InChI is InChI=1S/C14H18N2O3S/c17-14-2-1-8-16(14)13-5-3-11(4-6-13)15-12-7-9-20(18,19)10-12/h3-6,12,15H,1-2,7-10H2. The highest BCUT2D eigenvalue weighted by molar-refractivity contribution is 7.91. The fourth-order valence-corrected chi connectivity index (χ4v) is 4.48. The van der Waals surface area contributed by atoms with E-state index < -0.39 is 9.84 Å². The molecule has 2 aliphatic heterocycles. The predicted octanol–water partition coefficient (Wildman–Crippen LogP) is 1.41. The van der Waals surface area contributed by atoms with Gasteiger partial charge in [-0.05, 0) is 37.1 Å². The van der Waals surface area contributed by atoms with Gasteiger partial charge < -0.3 is 10.2 Å². The summed E-state index contributed by atoms with van der Waals surface area (Å²) >= 11 is 0. The number of sulfone groups is 1. The molecule has 0 bridgehead atoms. The van der Waals surface area contributed by atoms with Crippen molar-refractivity contribution in [2.24, 2.45) is 0 Å². The number of hydrogen-bond donors (Lipinski definition) is 1. The summed E-state index contributed by atoms with van der Waals surface area (Å²) in [6.07, 6.45) is 2.20. The van der Waals surface area contributed by atoms with Gasteiger partial charge in [-0.15, -0.1) is 0 Å². The van der Waals surface area contributed by atoms with Crippen LogP contribution in [0.3, 0.4) is 0 Å². The highest BCUT2D eigenvalue weighted by Crippen LogP contribution is 2.24. The Labute approximate surface area is 118 Å². The molecular weight excluding hydrogens is 276 g/mol. The number of carbonyl (C=O) groups excluding carboxylic acids is 1. The van der Waals surface area contributed by atoms with E-state index in [0.717, 1.165) is 24.3 Å². The summed E-state index contributed by atoms with van der Waals surface area (Å²) in [7, 11) is -2.86. The van der Waals surface area contributed by atoms with Crippen LogP contribution in [0.2, 0.25) is 0 Å². The van der Waals surface area contributed by atoms with Crippen LogP contribution in [0.4, 0.5) is 11.4 Å². The van der Waals surface area contributed by atoms with E-state index in [2.05, 4.69) is 5.32 Å². The normalized spacial score (nSPS) is 25.1. The fraction of sp³-hybridized carbons (Fsp3) is 0.500. The lowest BCUT2D eigenvalue weighted by Crippen LogP contribution is -2.24. The van der Waals surface area contributed by atoms with E-state index in [1.165, 1.54) is 0 Å². The van der Waals surface area contributed by atoms with Crippen LogP contribution in [-0.4, -0.2) is 38.4 Å². The van der Waals surface area contributed by atoms with E-state index in [1.54, 1.807) is 4.90 Å². The molecule has 1 N–H and O–H groups in total. The molecule has 0 aromatic heterocycles. The molecule has 2 fully saturated rings. The molecule has 0 aliphatic carbocycles. The largest absolute Gasteiger partial charge is 0.381 e. The number of rotatable bonds is 3. The Kier molecular flexibility index (Phi) is 3.41. The maximum Gasteiger partial charge on any atom is 0.227 e. The van der Waals surface area contributed by atoms with Gasteiger partial charge in [0.25, 0.3) is 0 Å². The second-order valence-corrected chi connectivity index (χ2v) is 7.67. The smallest absolute Gasteiger partial charge is 0.227 e. The molecule has 1 atom stereocenters. The number of nitrogens with one attached hydrogen (secondary N) is 1. The van der Waals surface area contributed by atoms with Gasteiger partial charge in [0.15, 0.2) is 9.84 Å². The summed E-state index contributed by atoms with van der Waals surface area (Å²) in [6.45, 7) is 0.784. The number of benzene rings is 1. The third kappa shape index (κ3) is 2.80. The number of carbonyl (C=O) groups is 1. The lowest BCUT2D eigenvalue weighted by Gasteiger charge is -2.17. The minimum absolute atomic E-state index is 0.000677. The molecule has 0 spiro atoms. The predicted molar refractivity (Wildman–Crippen MR) is 78.7 cm³/mol. The molecular formula is C14H18N2O3S. The van der Waals surface area contributed by atoms with E-state index in [9.17, 15) is 13.2 Å². The molecule has 1 aromatic carbocycles. The molecule has 1 aromatic rings. The molecule has 108 valence electrons. The first kappa shape index (κ1) is 13.4. The Bertz CT molecular complexity index is 610. The zero-order valence-electron chi connectivity index (χ0n) is 11.2. The van der Waals surface area contributed by atoms with Gasteiger partial charge in [-0.2, -0.15) is 0 Å². The molecule has 20 heavy (non-hydrogen) atoms. The SMILES string of the molecule is O=C1CCCN1c1ccc(NC2CCS(=O)(=O)C2)cc1. The summed E-state index contributed by atoms with van der Waals surface area (Å²) < 4.78 is 22.8. The maximum absolute atomic E-state index is 11.7. The molecule has 5 nitrogen and oxygen atoms in total. The average Bonchev–Trinajstić information content (AvgIpc) is 2.97. The number of hydrogen-bond acceptors (Lipinski definition) is 4. The summed E-state index contributed by atoms with van der Waals surface area (Å²) in [6, 6.07) is 7.64. The van der Waals surface area contributed by atoms with Gasteiger partial charge in [-0.25, -0.2) is 8.42 Å². The summed E-state index contributed by atoms with van der Waals surface area (Å²) in [5.41, 5.74) is 1.82. The van der Waals surface area contributed by atoms with Crippen molar-refractivity contribution < 1.29 is 13.2 Å². The van der Waals surface area contributed by atoms with Crippen molar-refractivity contribution in [3.05, 3.63) is 24.3 Å². The summed E-state index contributed by atoms with van der Waals surface area (Å²) in [5.74, 6) is 0.650. The highest BCUT2D eigenvalue weighted by atomic mass is 32.2.